The number of benzene rings is 2. The summed E-state index contributed by atoms with van der Waals surface area (Å²) in [6.45, 7) is 3.95. The van der Waals surface area contributed by atoms with Crippen LogP contribution >= 0.6 is 0 Å². The van der Waals surface area contributed by atoms with Gasteiger partial charge in [0.05, 0.1) is 37.7 Å². The molecule has 0 aliphatic rings. The van der Waals surface area contributed by atoms with E-state index in [0.29, 0.717) is 24.3 Å². The van der Waals surface area contributed by atoms with Crippen LogP contribution in [0.4, 0.5) is 9.59 Å². The van der Waals surface area contributed by atoms with E-state index in [2.05, 4.69) is 25.9 Å². The van der Waals surface area contributed by atoms with Crippen LogP contribution < -0.4 is 20.7 Å². The number of nitrogens with one attached hydrogen (secondary N) is 3. The van der Waals surface area contributed by atoms with Crippen LogP contribution in [0.2, 0.25) is 0 Å². The average molecular weight is 697 g/mol. The van der Waals surface area contributed by atoms with Crippen LogP contribution in [0.1, 0.15) is 42.7 Å². The van der Waals surface area contributed by atoms with Crippen LogP contribution in [-0.4, -0.2) is 76.4 Å². The molecular weight excluding hydrogens is 648 g/mol. The van der Waals surface area contributed by atoms with Crippen molar-refractivity contribution in [3.63, 3.8) is 0 Å². The molecule has 0 unspecified atom stereocenters. The van der Waals surface area contributed by atoms with E-state index in [1.54, 1.807) is 50.9 Å². The Labute approximate surface area is 299 Å². The summed E-state index contributed by atoms with van der Waals surface area (Å²) in [5.74, 6) is -0.0895. The minimum absolute atomic E-state index is 0.0427. The van der Waals surface area contributed by atoms with Crippen molar-refractivity contribution in [2.75, 3.05) is 14.2 Å². The van der Waals surface area contributed by atoms with Gasteiger partial charge >= 0.3 is 12.1 Å². The molecule has 12 heteroatoms. The van der Waals surface area contributed by atoms with Gasteiger partial charge in [-0.2, -0.15) is 0 Å². The molecule has 2 aromatic carbocycles. The van der Waals surface area contributed by atoms with Crippen LogP contribution in [0.3, 0.4) is 0 Å². The number of hydrogen-bond acceptors (Lipinski definition) is 8. The van der Waals surface area contributed by atoms with E-state index in [-0.39, 0.29) is 25.5 Å². The molecule has 4 N–H and O–H groups in total. The molecule has 0 saturated heterocycles. The van der Waals surface area contributed by atoms with Gasteiger partial charge in [-0.15, -0.1) is 0 Å². The number of aromatic nitrogens is 2. The lowest BCUT2D eigenvalue weighted by atomic mass is 9.93. The molecule has 2 aromatic heterocycles. The second-order valence-electron chi connectivity index (χ2n) is 12.8. The summed E-state index contributed by atoms with van der Waals surface area (Å²) in [7, 11) is 3.18. The first kappa shape index (κ1) is 38.3. The van der Waals surface area contributed by atoms with Crippen molar-refractivity contribution in [3.05, 3.63) is 126 Å². The van der Waals surface area contributed by atoms with Crippen LogP contribution in [0.15, 0.2) is 104 Å². The molecule has 12 nitrogen and oxygen atoms in total. The fourth-order valence-corrected chi connectivity index (χ4v) is 5.53. The van der Waals surface area contributed by atoms with Crippen molar-refractivity contribution in [3.8, 4) is 5.75 Å². The Balaban J connectivity index is 1.47. The molecule has 270 valence electrons. The first-order valence-corrected chi connectivity index (χ1v) is 17.0. The number of nitrogens with zero attached hydrogens (tertiary/aromatic N) is 3. The lowest BCUT2D eigenvalue weighted by Gasteiger charge is -2.31. The highest BCUT2D eigenvalue weighted by Crippen LogP contribution is 2.16. The number of carbonyl (C=O) groups excluding carboxylic acids is 3. The topological polar surface area (TPSA) is 155 Å². The van der Waals surface area contributed by atoms with E-state index in [9.17, 15) is 19.5 Å². The Morgan fingerprint density at radius 2 is 1.49 bits per heavy atom. The summed E-state index contributed by atoms with van der Waals surface area (Å²) in [4.78, 5) is 49.9. The normalized spacial score (nSPS) is 13.3. The highest BCUT2D eigenvalue weighted by atomic mass is 16.5. The third-order valence-corrected chi connectivity index (χ3v) is 8.36. The second-order valence-corrected chi connectivity index (χ2v) is 12.8. The smallest absolute Gasteiger partial charge is 0.407 e. The quantitative estimate of drug-likeness (QED) is 0.124. The predicted octanol–water partition coefficient (Wildman–Crippen LogP) is 4.67. The predicted molar refractivity (Wildman–Crippen MR) is 194 cm³/mol. The van der Waals surface area contributed by atoms with E-state index < -0.39 is 42.3 Å². The SMILES string of the molecule is COc1ccc(CN(C)C(=O)N[C@H](C(=O)N[C@@H](Cc2ccccc2)[C@@H](O)C[C@H](Cc2ccccc2)NC(=O)OCc2cccnc2)C(C)C)nc1. The van der Waals surface area contributed by atoms with Gasteiger partial charge in [-0.25, -0.2) is 9.59 Å². The summed E-state index contributed by atoms with van der Waals surface area (Å²) in [6, 6.07) is 23.6. The summed E-state index contributed by atoms with van der Waals surface area (Å²) in [6.07, 6.45) is 3.99. The molecule has 0 saturated carbocycles. The molecule has 2 heterocycles. The van der Waals surface area contributed by atoms with E-state index >= 15 is 0 Å². The number of carbonyl (C=O) groups is 3. The molecule has 0 fully saturated rings. The molecular formula is C39H48N6O6. The van der Waals surface area contributed by atoms with E-state index in [4.69, 9.17) is 9.47 Å². The second kappa shape index (κ2) is 19.6. The first-order chi connectivity index (χ1) is 24.6. The number of rotatable bonds is 17. The average Bonchev–Trinajstić information content (AvgIpc) is 3.14. The van der Waals surface area contributed by atoms with Crippen molar-refractivity contribution in [2.45, 2.75) is 70.5 Å². The Morgan fingerprint density at radius 3 is 2.08 bits per heavy atom. The van der Waals surface area contributed by atoms with Crippen LogP contribution in [0.5, 0.6) is 5.75 Å². The summed E-state index contributed by atoms with van der Waals surface area (Å²) in [5.41, 5.74) is 3.27. The van der Waals surface area contributed by atoms with E-state index in [0.717, 1.165) is 16.7 Å². The van der Waals surface area contributed by atoms with Gasteiger partial charge in [-0.1, -0.05) is 80.6 Å². The lowest BCUT2D eigenvalue weighted by molar-refractivity contribution is -0.125. The van der Waals surface area contributed by atoms with Gasteiger partial charge in [-0.3, -0.25) is 14.8 Å². The molecule has 4 aromatic rings. The van der Waals surface area contributed by atoms with Crippen molar-refractivity contribution in [1.82, 2.24) is 30.8 Å². The highest BCUT2D eigenvalue weighted by Gasteiger charge is 2.31. The summed E-state index contributed by atoms with van der Waals surface area (Å²) >= 11 is 0. The van der Waals surface area contributed by atoms with Gasteiger partial charge in [0.1, 0.15) is 18.4 Å². The van der Waals surface area contributed by atoms with Crippen molar-refractivity contribution < 1.29 is 29.0 Å². The van der Waals surface area contributed by atoms with Crippen LogP contribution in [0.25, 0.3) is 0 Å². The molecule has 0 aliphatic carbocycles. The standard InChI is InChI=1S/C39H48N6O6/c1-27(2)36(44-38(48)45(3)25-31-17-18-33(50-4)24-41-31)37(47)43-34(21-29-14-9-6-10-15-29)35(46)22-32(20-28-12-7-5-8-13-28)42-39(49)51-26-30-16-11-19-40-23-30/h5-19,23-24,27,32,34-36,46H,20-22,25-26H2,1-4H3,(H,42,49)(H,43,47)(H,44,48)/t32-,34-,35-,36-/m0/s1. The number of urea groups is 1. The van der Waals surface area contributed by atoms with Crippen molar-refractivity contribution >= 4 is 18.0 Å². The Hall–Kier alpha value is -5.49. The lowest BCUT2D eigenvalue weighted by Crippen LogP contribution is -2.57. The zero-order chi connectivity index (χ0) is 36.6. The van der Waals surface area contributed by atoms with Crippen LogP contribution in [-0.2, 0) is 35.5 Å². The Bertz CT molecular complexity index is 1640. The molecule has 51 heavy (non-hydrogen) atoms. The van der Waals surface area contributed by atoms with Gasteiger partial charge in [0, 0.05) is 31.0 Å². The molecule has 4 atom stereocenters. The Morgan fingerprint density at radius 1 is 0.824 bits per heavy atom. The number of ether oxygens (including phenoxy) is 2. The maximum atomic E-state index is 13.9. The molecule has 4 rings (SSSR count). The number of aliphatic hydroxyl groups excluding tert-OH is 1. The zero-order valence-electron chi connectivity index (χ0n) is 29.6. The largest absolute Gasteiger partial charge is 0.495 e. The van der Waals surface area contributed by atoms with Gasteiger partial charge in [-0.05, 0) is 54.5 Å². The maximum absolute atomic E-state index is 13.9. The third-order valence-electron chi connectivity index (χ3n) is 8.36. The van der Waals surface area contributed by atoms with Gasteiger partial charge < -0.3 is 35.4 Å². The minimum atomic E-state index is -1.08. The monoisotopic (exact) mass is 696 g/mol. The molecule has 0 radical (unpaired) electrons. The first-order valence-electron chi connectivity index (χ1n) is 17.0. The number of amides is 4. The number of alkyl carbamates (subject to hydrolysis) is 1. The third kappa shape index (κ3) is 12.7. The molecule has 0 bridgehead atoms. The van der Waals surface area contributed by atoms with Gasteiger partial charge in [0.15, 0.2) is 0 Å². The zero-order valence-corrected chi connectivity index (χ0v) is 29.6. The maximum Gasteiger partial charge on any atom is 0.407 e. The molecule has 4 amide bonds. The van der Waals surface area contributed by atoms with E-state index in [1.807, 2.05) is 80.6 Å². The molecule has 0 aliphatic heterocycles. The van der Waals surface area contributed by atoms with Crippen molar-refractivity contribution in [1.29, 1.82) is 0 Å². The number of pyridine rings is 2. The van der Waals surface area contributed by atoms with Crippen molar-refractivity contribution in [2.24, 2.45) is 5.92 Å². The highest BCUT2D eigenvalue weighted by molar-refractivity contribution is 5.87. The molecule has 0 spiro atoms. The van der Waals surface area contributed by atoms with Gasteiger partial charge in [0.25, 0.3) is 0 Å². The van der Waals surface area contributed by atoms with Gasteiger partial charge in [0.2, 0.25) is 5.91 Å². The number of hydrogen-bond donors (Lipinski definition) is 4. The fourth-order valence-electron chi connectivity index (χ4n) is 5.53. The summed E-state index contributed by atoms with van der Waals surface area (Å²) < 4.78 is 10.6. The summed E-state index contributed by atoms with van der Waals surface area (Å²) in [5, 5.41) is 20.5. The number of aliphatic hydroxyl groups is 1. The fraction of sp³-hybridized carbons (Fsp3) is 0.359. The van der Waals surface area contributed by atoms with Crippen LogP contribution in [0, 0.1) is 5.92 Å². The Kier molecular flexibility index (Phi) is 14.8. The minimum Gasteiger partial charge on any atom is -0.495 e. The van der Waals surface area contributed by atoms with E-state index in [1.165, 1.54) is 4.90 Å². The number of methoxy groups -OCH3 is 1.